The maximum absolute atomic E-state index is 9.67. The Labute approximate surface area is 91.1 Å². The minimum Gasteiger partial charge on any atom is -0.396 e. The summed E-state index contributed by atoms with van der Waals surface area (Å²) in [5.74, 6) is 0. The summed E-state index contributed by atoms with van der Waals surface area (Å²) in [6.45, 7) is 0.377. The van der Waals surface area contributed by atoms with Crippen molar-refractivity contribution in [2.45, 2.75) is 37.5 Å². The largest absolute Gasteiger partial charge is 0.396 e. The zero-order valence-corrected chi connectivity index (χ0v) is 9.08. The SMILES string of the molecule is OCC1(C2(c3ccccc3)CC2)CCC1. The van der Waals surface area contributed by atoms with Gasteiger partial charge in [0.2, 0.25) is 0 Å². The molecule has 0 spiro atoms. The highest BCUT2D eigenvalue weighted by Gasteiger charge is 2.61. The van der Waals surface area contributed by atoms with Gasteiger partial charge in [-0.3, -0.25) is 0 Å². The fourth-order valence-corrected chi connectivity index (χ4v) is 3.40. The van der Waals surface area contributed by atoms with Crippen LogP contribution in [0.25, 0.3) is 0 Å². The van der Waals surface area contributed by atoms with Crippen LogP contribution in [0.2, 0.25) is 0 Å². The Morgan fingerprint density at radius 2 is 1.67 bits per heavy atom. The molecule has 0 amide bonds. The summed E-state index contributed by atoms with van der Waals surface area (Å²) in [4.78, 5) is 0. The molecule has 2 aliphatic rings. The fraction of sp³-hybridized carbons (Fsp3) is 0.571. The van der Waals surface area contributed by atoms with Crippen molar-refractivity contribution < 1.29 is 5.11 Å². The molecule has 1 heteroatoms. The molecule has 2 aliphatic carbocycles. The molecule has 0 unspecified atom stereocenters. The average Bonchev–Trinajstić information content (AvgIpc) is 3.00. The van der Waals surface area contributed by atoms with Crippen molar-refractivity contribution in [3.8, 4) is 0 Å². The van der Waals surface area contributed by atoms with Crippen LogP contribution in [-0.4, -0.2) is 11.7 Å². The summed E-state index contributed by atoms with van der Waals surface area (Å²) in [6, 6.07) is 10.8. The smallest absolute Gasteiger partial charge is 0.0495 e. The molecule has 0 aromatic heterocycles. The van der Waals surface area contributed by atoms with E-state index in [1.54, 1.807) is 0 Å². The molecule has 0 aliphatic heterocycles. The number of hydrogen-bond donors (Lipinski definition) is 1. The molecular formula is C14H18O. The Hall–Kier alpha value is -0.820. The molecule has 0 saturated heterocycles. The van der Waals surface area contributed by atoms with Gasteiger partial charge in [-0.25, -0.2) is 0 Å². The first kappa shape index (κ1) is 9.41. The number of rotatable bonds is 3. The third-order valence-electron chi connectivity index (χ3n) is 4.70. The molecule has 3 rings (SSSR count). The predicted molar refractivity (Wildman–Crippen MR) is 60.7 cm³/mol. The normalized spacial score (nSPS) is 25.7. The molecule has 80 valence electrons. The number of aliphatic hydroxyl groups is 1. The van der Waals surface area contributed by atoms with Crippen molar-refractivity contribution in [3.63, 3.8) is 0 Å². The van der Waals surface area contributed by atoms with Gasteiger partial charge in [0, 0.05) is 17.4 Å². The fourth-order valence-electron chi connectivity index (χ4n) is 3.40. The Bertz CT molecular complexity index is 341. The van der Waals surface area contributed by atoms with Crippen molar-refractivity contribution in [2.24, 2.45) is 5.41 Å². The summed E-state index contributed by atoms with van der Waals surface area (Å²) in [5.41, 5.74) is 2.02. The highest BCUT2D eigenvalue weighted by atomic mass is 16.3. The van der Waals surface area contributed by atoms with Crippen molar-refractivity contribution in [1.29, 1.82) is 0 Å². The van der Waals surface area contributed by atoms with E-state index in [1.807, 2.05) is 0 Å². The van der Waals surface area contributed by atoms with Crippen LogP contribution in [0.1, 0.15) is 37.7 Å². The molecule has 1 aromatic carbocycles. The van der Waals surface area contributed by atoms with Gasteiger partial charge in [-0.1, -0.05) is 36.8 Å². The van der Waals surface area contributed by atoms with Gasteiger partial charge in [0.05, 0.1) is 0 Å². The van der Waals surface area contributed by atoms with Crippen LogP contribution in [0, 0.1) is 5.41 Å². The topological polar surface area (TPSA) is 20.2 Å². The lowest BCUT2D eigenvalue weighted by Gasteiger charge is -2.48. The second-order valence-corrected chi connectivity index (χ2v) is 5.24. The molecular weight excluding hydrogens is 184 g/mol. The van der Waals surface area contributed by atoms with Crippen LogP contribution >= 0.6 is 0 Å². The first-order chi connectivity index (χ1) is 7.33. The average molecular weight is 202 g/mol. The third kappa shape index (κ3) is 1.13. The molecule has 0 heterocycles. The lowest BCUT2D eigenvalue weighted by molar-refractivity contribution is 0.00549. The van der Waals surface area contributed by atoms with E-state index in [-0.39, 0.29) is 5.41 Å². The van der Waals surface area contributed by atoms with Gasteiger partial charge >= 0.3 is 0 Å². The number of aliphatic hydroxyl groups excluding tert-OH is 1. The molecule has 1 aromatic rings. The first-order valence-electron chi connectivity index (χ1n) is 5.99. The third-order valence-corrected chi connectivity index (χ3v) is 4.70. The van der Waals surface area contributed by atoms with E-state index in [4.69, 9.17) is 0 Å². The maximum Gasteiger partial charge on any atom is 0.0495 e. The Morgan fingerprint density at radius 1 is 1.00 bits per heavy atom. The molecule has 1 nitrogen and oxygen atoms in total. The van der Waals surface area contributed by atoms with Crippen molar-refractivity contribution >= 4 is 0 Å². The van der Waals surface area contributed by atoms with E-state index < -0.39 is 0 Å². The van der Waals surface area contributed by atoms with E-state index in [9.17, 15) is 5.11 Å². The molecule has 0 radical (unpaired) electrons. The Balaban J connectivity index is 1.97. The van der Waals surface area contributed by atoms with E-state index in [1.165, 1.54) is 37.7 Å². The van der Waals surface area contributed by atoms with Gasteiger partial charge in [0.1, 0.15) is 0 Å². The first-order valence-corrected chi connectivity index (χ1v) is 5.99. The second kappa shape index (κ2) is 3.08. The number of hydrogen-bond acceptors (Lipinski definition) is 1. The van der Waals surface area contributed by atoms with Gasteiger partial charge in [0.15, 0.2) is 0 Å². The predicted octanol–water partition coefficient (Wildman–Crippen LogP) is 2.88. The van der Waals surface area contributed by atoms with Crippen LogP contribution in [0.5, 0.6) is 0 Å². The summed E-state index contributed by atoms with van der Waals surface area (Å²) < 4.78 is 0. The van der Waals surface area contributed by atoms with Crippen LogP contribution in [0.3, 0.4) is 0 Å². The second-order valence-electron chi connectivity index (χ2n) is 5.24. The standard InChI is InChI=1S/C14H18O/c15-11-13(7-4-8-13)14(9-10-14)12-5-2-1-3-6-12/h1-3,5-6,15H,4,7-11H2. The van der Waals surface area contributed by atoms with Gasteiger partial charge in [-0.05, 0) is 31.2 Å². The highest BCUT2D eigenvalue weighted by molar-refractivity contribution is 5.36. The van der Waals surface area contributed by atoms with Crippen LogP contribution in [0.15, 0.2) is 30.3 Å². The van der Waals surface area contributed by atoms with Gasteiger partial charge in [-0.2, -0.15) is 0 Å². The molecule has 1 N–H and O–H groups in total. The zero-order valence-electron chi connectivity index (χ0n) is 9.08. The summed E-state index contributed by atoms with van der Waals surface area (Å²) in [5, 5.41) is 9.67. The number of benzene rings is 1. The molecule has 0 bridgehead atoms. The van der Waals surface area contributed by atoms with Crippen LogP contribution < -0.4 is 0 Å². The lowest BCUT2D eigenvalue weighted by Crippen LogP contribution is -2.44. The van der Waals surface area contributed by atoms with Crippen molar-refractivity contribution in [3.05, 3.63) is 35.9 Å². The Morgan fingerprint density at radius 3 is 2.07 bits per heavy atom. The minimum atomic E-state index is 0.231. The Kier molecular flexibility index (Phi) is 1.93. The van der Waals surface area contributed by atoms with E-state index in [0.29, 0.717) is 12.0 Å². The van der Waals surface area contributed by atoms with Crippen molar-refractivity contribution in [1.82, 2.24) is 0 Å². The monoisotopic (exact) mass is 202 g/mol. The minimum absolute atomic E-state index is 0.231. The van der Waals surface area contributed by atoms with E-state index in [0.717, 1.165) is 0 Å². The van der Waals surface area contributed by atoms with Gasteiger partial charge < -0.3 is 5.11 Å². The molecule has 15 heavy (non-hydrogen) atoms. The molecule has 2 saturated carbocycles. The lowest BCUT2D eigenvalue weighted by atomic mass is 9.57. The van der Waals surface area contributed by atoms with Gasteiger partial charge in [0.25, 0.3) is 0 Å². The summed E-state index contributed by atoms with van der Waals surface area (Å²) in [6.07, 6.45) is 6.29. The van der Waals surface area contributed by atoms with E-state index >= 15 is 0 Å². The highest BCUT2D eigenvalue weighted by Crippen LogP contribution is 2.67. The van der Waals surface area contributed by atoms with Crippen molar-refractivity contribution in [2.75, 3.05) is 6.61 Å². The summed E-state index contributed by atoms with van der Waals surface area (Å²) in [7, 11) is 0. The van der Waals surface area contributed by atoms with E-state index in [2.05, 4.69) is 30.3 Å². The summed E-state index contributed by atoms with van der Waals surface area (Å²) >= 11 is 0. The molecule has 0 atom stereocenters. The quantitative estimate of drug-likeness (QED) is 0.799. The maximum atomic E-state index is 9.67. The zero-order chi connectivity index (χ0) is 10.4. The van der Waals surface area contributed by atoms with Crippen LogP contribution in [-0.2, 0) is 5.41 Å². The van der Waals surface area contributed by atoms with Crippen LogP contribution in [0.4, 0.5) is 0 Å². The van der Waals surface area contributed by atoms with Gasteiger partial charge in [-0.15, -0.1) is 0 Å². The molecule has 2 fully saturated rings.